The highest BCUT2D eigenvalue weighted by molar-refractivity contribution is 8.04. The topological polar surface area (TPSA) is 75.6 Å². The van der Waals surface area contributed by atoms with Crippen LogP contribution in [0.3, 0.4) is 0 Å². The Morgan fingerprint density at radius 3 is 2.90 bits per heavy atom. The molecule has 0 aromatic heterocycles. The maximum atomic E-state index is 12.3. The Balaban J connectivity index is 2.22. The van der Waals surface area contributed by atoms with E-state index in [4.69, 9.17) is 21.4 Å². The first-order valence-corrected chi connectivity index (χ1v) is 7.72. The first-order valence-electron chi connectivity index (χ1n) is 6.36. The number of halogens is 1. The van der Waals surface area contributed by atoms with Gasteiger partial charge in [-0.25, -0.2) is 4.79 Å². The first kappa shape index (κ1) is 15.7. The molecule has 1 amide bonds. The lowest BCUT2D eigenvalue weighted by atomic mass is 10.2. The predicted octanol–water partition coefficient (Wildman–Crippen LogP) is 3.36. The standard InChI is InChI=1S/C14H14ClNO4S/c1-2-11-12(21-6-5-20-11)13(17)16-8-3-4-10(15)9(7-8)14(18)19/h3-4,7H,2,5-6H2,1H3,(H,16,17)(H,18,19). The highest BCUT2D eigenvalue weighted by Gasteiger charge is 2.21. The molecule has 1 aromatic carbocycles. The lowest BCUT2D eigenvalue weighted by Gasteiger charge is -2.19. The largest absolute Gasteiger partial charge is 0.496 e. The molecule has 7 heteroatoms. The molecule has 0 fully saturated rings. The minimum atomic E-state index is -1.14. The van der Waals surface area contributed by atoms with E-state index >= 15 is 0 Å². The Kier molecular flexibility index (Phi) is 5.14. The number of anilines is 1. The number of carboxylic acid groups (broad SMARTS) is 1. The van der Waals surface area contributed by atoms with E-state index in [1.165, 1.54) is 23.9 Å². The van der Waals surface area contributed by atoms with Crippen molar-refractivity contribution in [1.29, 1.82) is 0 Å². The van der Waals surface area contributed by atoms with Gasteiger partial charge in [-0.3, -0.25) is 4.79 Å². The predicted molar refractivity (Wildman–Crippen MR) is 82.8 cm³/mol. The van der Waals surface area contributed by atoms with Crippen molar-refractivity contribution in [1.82, 2.24) is 0 Å². The summed E-state index contributed by atoms with van der Waals surface area (Å²) < 4.78 is 5.46. The van der Waals surface area contributed by atoms with Crippen LogP contribution in [0.15, 0.2) is 28.9 Å². The molecule has 0 aliphatic carbocycles. The van der Waals surface area contributed by atoms with Gasteiger partial charge in [-0.1, -0.05) is 18.5 Å². The maximum absolute atomic E-state index is 12.3. The first-order chi connectivity index (χ1) is 10.0. The molecule has 0 saturated heterocycles. The minimum absolute atomic E-state index is 0.0493. The second-order valence-corrected chi connectivity index (χ2v) is 5.77. The lowest BCUT2D eigenvalue weighted by Crippen LogP contribution is -2.19. The maximum Gasteiger partial charge on any atom is 0.337 e. The zero-order valence-electron chi connectivity index (χ0n) is 11.3. The number of aromatic carboxylic acids is 1. The highest BCUT2D eigenvalue weighted by Crippen LogP contribution is 2.29. The van der Waals surface area contributed by atoms with Gasteiger partial charge in [0.05, 0.1) is 17.2 Å². The van der Waals surface area contributed by atoms with Gasteiger partial charge in [0.1, 0.15) is 10.7 Å². The smallest absolute Gasteiger partial charge is 0.337 e. The molecule has 2 N–H and O–H groups in total. The number of hydrogen-bond donors (Lipinski definition) is 2. The van der Waals surface area contributed by atoms with Gasteiger partial charge < -0.3 is 15.2 Å². The van der Waals surface area contributed by atoms with Crippen molar-refractivity contribution >= 4 is 40.9 Å². The average Bonchev–Trinajstić information content (AvgIpc) is 2.48. The van der Waals surface area contributed by atoms with E-state index in [1.807, 2.05) is 6.92 Å². The number of carboxylic acids is 1. The van der Waals surface area contributed by atoms with Crippen LogP contribution >= 0.6 is 23.4 Å². The van der Waals surface area contributed by atoms with Crippen LogP contribution < -0.4 is 5.32 Å². The third-order valence-electron chi connectivity index (χ3n) is 2.84. The van der Waals surface area contributed by atoms with Crippen LogP contribution in [0.25, 0.3) is 0 Å². The monoisotopic (exact) mass is 327 g/mol. The quantitative estimate of drug-likeness (QED) is 0.886. The van der Waals surface area contributed by atoms with E-state index in [0.717, 1.165) is 0 Å². The summed E-state index contributed by atoms with van der Waals surface area (Å²) in [4.78, 5) is 23.8. The van der Waals surface area contributed by atoms with Crippen molar-refractivity contribution in [3.8, 4) is 0 Å². The molecule has 21 heavy (non-hydrogen) atoms. The third-order valence-corrected chi connectivity index (χ3v) is 4.24. The van der Waals surface area contributed by atoms with E-state index in [0.29, 0.717) is 35.1 Å². The van der Waals surface area contributed by atoms with Crippen molar-refractivity contribution in [2.24, 2.45) is 0 Å². The number of allylic oxidation sites excluding steroid dienone is 1. The Morgan fingerprint density at radius 2 is 2.24 bits per heavy atom. The number of rotatable bonds is 4. The van der Waals surface area contributed by atoms with Gasteiger partial charge in [-0.15, -0.1) is 11.8 Å². The van der Waals surface area contributed by atoms with E-state index in [-0.39, 0.29) is 16.5 Å². The van der Waals surface area contributed by atoms with Crippen molar-refractivity contribution in [2.45, 2.75) is 13.3 Å². The Bertz CT molecular complexity index is 615. The van der Waals surface area contributed by atoms with Crippen LogP contribution in [0.5, 0.6) is 0 Å². The van der Waals surface area contributed by atoms with Crippen LogP contribution in [0.1, 0.15) is 23.7 Å². The number of amides is 1. The third kappa shape index (κ3) is 3.71. The van der Waals surface area contributed by atoms with Gasteiger partial charge >= 0.3 is 5.97 Å². The van der Waals surface area contributed by atoms with Crippen molar-refractivity contribution in [2.75, 3.05) is 17.7 Å². The van der Waals surface area contributed by atoms with E-state index in [9.17, 15) is 9.59 Å². The fourth-order valence-corrected chi connectivity index (χ4v) is 2.98. The summed E-state index contributed by atoms with van der Waals surface area (Å²) in [7, 11) is 0. The second kappa shape index (κ2) is 6.87. The normalized spacial score (nSPS) is 14.6. The van der Waals surface area contributed by atoms with Gasteiger partial charge in [0.25, 0.3) is 5.91 Å². The number of carbonyl (C=O) groups excluding carboxylic acids is 1. The van der Waals surface area contributed by atoms with Crippen molar-refractivity contribution in [3.05, 3.63) is 39.4 Å². The number of hydrogen-bond acceptors (Lipinski definition) is 4. The molecule has 0 unspecified atom stereocenters. The number of thioether (sulfide) groups is 1. The molecule has 0 radical (unpaired) electrons. The molecule has 0 spiro atoms. The molecule has 2 rings (SSSR count). The molecule has 1 aromatic rings. The van der Waals surface area contributed by atoms with E-state index in [1.54, 1.807) is 6.07 Å². The lowest BCUT2D eigenvalue weighted by molar-refractivity contribution is -0.112. The fraction of sp³-hybridized carbons (Fsp3) is 0.286. The zero-order valence-corrected chi connectivity index (χ0v) is 12.9. The molecular weight excluding hydrogens is 314 g/mol. The van der Waals surface area contributed by atoms with Gasteiger partial charge in [0.2, 0.25) is 0 Å². The fourth-order valence-electron chi connectivity index (χ4n) is 1.86. The SMILES string of the molecule is CCC1=C(C(=O)Nc2ccc(Cl)c(C(=O)O)c2)SCCO1. The molecule has 112 valence electrons. The van der Waals surface area contributed by atoms with Crippen LogP contribution in [0.4, 0.5) is 5.69 Å². The van der Waals surface area contributed by atoms with Crippen LogP contribution in [-0.4, -0.2) is 29.3 Å². The zero-order chi connectivity index (χ0) is 15.4. The van der Waals surface area contributed by atoms with Crippen LogP contribution in [0.2, 0.25) is 5.02 Å². The number of nitrogens with one attached hydrogen (secondary N) is 1. The second-order valence-electron chi connectivity index (χ2n) is 4.26. The molecule has 0 saturated carbocycles. The van der Waals surface area contributed by atoms with Gasteiger partial charge in [0, 0.05) is 17.9 Å². The summed E-state index contributed by atoms with van der Waals surface area (Å²) in [6.45, 7) is 2.51. The molecule has 1 aliphatic heterocycles. The highest BCUT2D eigenvalue weighted by atomic mass is 35.5. The number of ether oxygens (including phenoxy) is 1. The summed E-state index contributed by atoms with van der Waals surface area (Å²) in [5.41, 5.74) is 0.336. The summed E-state index contributed by atoms with van der Waals surface area (Å²) >= 11 is 7.23. The molecule has 5 nitrogen and oxygen atoms in total. The molecule has 0 atom stereocenters. The summed E-state index contributed by atoms with van der Waals surface area (Å²) in [5.74, 6) is -0.0564. The Hall–Kier alpha value is -1.66. The van der Waals surface area contributed by atoms with Gasteiger partial charge in [-0.2, -0.15) is 0 Å². The van der Waals surface area contributed by atoms with Crippen molar-refractivity contribution in [3.63, 3.8) is 0 Å². The van der Waals surface area contributed by atoms with E-state index < -0.39 is 5.97 Å². The van der Waals surface area contributed by atoms with E-state index in [2.05, 4.69) is 5.32 Å². The molecule has 1 heterocycles. The summed E-state index contributed by atoms with van der Waals surface area (Å²) in [5, 5.41) is 11.8. The van der Waals surface area contributed by atoms with Crippen LogP contribution in [-0.2, 0) is 9.53 Å². The Morgan fingerprint density at radius 1 is 1.48 bits per heavy atom. The molecule has 1 aliphatic rings. The van der Waals surface area contributed by atoms with Crippen LogP contribution in [0, 0.1) is 0 Å². The Labute approximate surface area is 131 Å². The number of benzene rings is 1. The number of carbonyl (C=O) groups is 2. The average molecular weight is 328 g/mol. The molecule has 0 bridgehead atoms. The minimum Gasteiger partial charge on any atom is -0.496 e. The van der Waals surface area contributed by atoms with Crippen molar-refractivity contribution < 1.29 is 19.4 Å². The molecular formula is C14H14ClNO4S. The summed E-state index contributed by atoms with van der Waals surface area (Å²) in [6, 6.07) is 4.34. The van der Waals surface area contributed by atoms with Gasteiger partial charge in [0.15, 0.2) is 0 Å². The summed E-state index contributed by atoms with van der Waals surface area (Å²) in [6.07, 6.45) is 0.636. The van der Waals surface area contributed by atoms with Gasteiger partial charge in [-0.05, 0) is 18.2 Å².